The molecule has 2 amide bonds. The lowest BCUT2D eigenvalue weighted by Gasteiger charge is -2.32. The molecule has 1 atom stereocenters. The number of ether oxygens (including phenoxy) is 1. The number of methoxy groups -OCH3 is 1. The summed E-state index contributed by atoms with van der Waals surface area (Å²) in [4.78, 5) is 26.5. The number of amides is 2. The number of hydrogen-bond acceptors (Lipinski definition) is 3. The van der Waals surface area contributed by atoms with E-state index in [1.165, 1.54) is 4.90 Å². The topological polar surface area (TPSA) is 70.1 Å². The van der Waals surface area contributed by atoms with E-state index in [9.17, 15) is 9.59 Å². The van der Waals surface area contributed by atoms with E-state index in [4.69, 9.17) is 9.84 Å². The molecule has 104 valence electrons. The summed E-state index contributed by atoms with van der Waals surface area (Å²) in [6, 6.07) is -0.851. The number of rotatable bonds is 5. The largest absolute Gasteiger partial charge is 0.480 e. The molecule has 0 saturated carbocycles. The molecule has 18 heavy (non-hydrogen) atoms. The van der Waals surface area contributed by atoms with Crippen molar-refractivity contribution >= 4 is 12.0 Å². The van der Waals surface area contributed by atoms with Gasteiger partial charge >= 0.3 is 12.0 Å². The van der Waals surface area contributed by atoms with Crippen LogP contribution in [0.2, 0.25) is 0 Å². The molecule has 0 aromatic carbocycles. The van der Waals surface area contributed by atoms with Crippen LogP contribution in [-0.2, 0) is 9.53 Å². The van der Waals surface area contributed by atoms with Gasteiger partial charge in [0.15, 0.2) is 0 Å². The number of aliphatic carboxylic acids is 1. The molecule has 0 aliphatic carbocycles. The van der Waals surface area contributed by atoms with Gasteiger partial charge in [-0.3, -0.25) is 0 Å². The van der Waals surface area contributed by atoms with Gasteiger partial charge in [0, 0.05) is 26.2 Å². The van der Waals surface area contributed by atoms with Crippen molar-refractivity contribution < 1.29 is 19.4 Å². The predicted molar refractivity (Wildman–Crippen MR) is 66.5 cm³/mol. The van der Waals surface area contributed by atoms with E-state index in [0.29, 0.717) is 26.1 Å². The molecule has 0 aromatic rings. The van der Waals surface area contributed by atoms with Crippen LogP contribution in [0.5, 0.6) is 0 Å². The van der Waals surface area contributed by atoms with Gasteiger partial charge in [-0.15, -0.1) is 0 Å². The summed E-state index contributed by atoms with van der Waals surface area (Å²) in [5.41, 5.74) is 0. The fraction of sp³-hybridized carbons (Fsp3) is 0.833. The Morgan fingerprint density at radius 2 is 2.17 bits per heavy atom. The monoisotopic (exact) mass is 258 g/mol. The van der Waals surface area contributed by atoms with Gasteiger partial charge in [0.1, 0.15) is 6.04 Å². The third kappa shape index (κ3) is 3.35. The summed E-state index contributed by atoms with van der Waals surface area (Å²) in [6.07, 6.45) is 1.29. The van der Waals surface area contributed by atoms with Crippen LogP contribution in [0.25, 0.3) is 0 Å². The number of carbonyl (C=O) groups excluding carboxylic acids is 1. The quantitative estimate of drug-likeness (QED) is 0.799. The van der Waals surface area contributed by atoms with E-state index in [2.05, 4.69) is 0 Å². The second-order valence-electron chi connectivity index (χ2n) is 4.75. The normalized spacial score (nSPS) is 19.3. The first kappa shape index (κ1) is 14.8. The number of likely N-dealkylation sites (tertiary alicyclic amines) is 1. The number of nitrogens with zero attached hydrogens (tertiary/aromatic N) is 2. The zero-order valence-electron chi connectivity index (χ0n) is 11.3. The van der Waals surface area contributed by atoms with Crippen LogP contribution in [-0.4, -0.2) is 65.8 Å². The summed E-state index contributed by atoms with van der Waals surface area (Å²) >= 11 is 0. The highest BCUT2D eigenvalue weighted by atomic mass is 16.5. The van der Waals surface area contributed by atoms with Gasteiger partial charge in [-0.2, -0.15) is 0 Å². The Balaban J connectivity index is 2.72. The summed E-state index contributed by atoms with van der Waals surface area (Å²) in [7, 11) is 1.58. The lowest BCUT2D eigenvalue weighted by molar-refractivity contribution is -0.141. The van der Waals surface area contributed by atoms with Gasteiger partial charge in [0.2, 0.25) is 0 Å². The van der Waals surface area contributed by atoms with Crippen LogP contribution in [0.3, 0.4) is 0 Å². The van der Waals surface area contributed by atoms with Gasteiger partial charge < -0.3 is 19.6 Å². The Bertz CT molecular complexity index is 306. The lowest BCUT2D eigenvalue weighted by atomic mass is 10.2. The molecule has 1 N–H and O–H groups in total. The third-order valence-electron chi connectivity index (χ3n) is 3.19. The molecular weight excluding hydrogens is 236 g/mol. The van der Waals surface area contributed by atoms with Gasteiger partial charge in [-0.25, -0.2) is 9.59 Å². The maximum Gasteiger partial charge on any atom is 0.326 e. The Hall–Kier alpha value is -1.30. The molecule has 0 bridgehead atoms. The van der Waals surface area contributed by atoms with Crippen LogP contribution in [0, 0.1) is 0 Å². The maximum absolute atomic E-state index is 12.3. The van der Waals surface area contributed by atoms with E-state index in [-0.39, 0.29) is 12.1 Å². The van der Waals surface area contributed by atoms with Crippen molar-refractivity contribution in [2.24, 2.45) is 0 Å². The highest BCUT2D eigenvalue weighted by Crippen LogP contribution is 2.20. The summed E-state index contributed by atoms with van der Waals surface area (Å²) in [5.74, 6) is -0.920. The first-order valence-electron chi connectivity index (χ1n) is 6.28. The van der Waals surface area contributed by atoms with Gasteiger partial charge in [-0.1, -0.05) is 0 Å². The van der Waals surface area contributed by atoms with Crippen LogP contribution in [0.1, 0.15) is 26.7 Å². The minimum absolute atomic E-state index is 0.0303. The Morgan fingerprint density at radius 3 is 2.67 bits per heavy atom. The molecule has 0 radical (unpaired) electrons. The van der Waals surface area contributed by atoms with Crippen LogP contribution in [0.4, 0.5) is 4.79 Å². The minimum atomic E-state index is -0.920. The first-order chi connectivity index (χ1) is 8.49. The van der Waals surface area contributed by atoms with E-state index in [1.54, 1.807) is 12.0 Å². The Kier molecular flexibility index (Phi) is 5.40. The number of carboxylic acids is 1. The van der Waals surface area contributed by atoms with Crippen molar-refractivity contribution in [2.75, 3.05) is 26.8 Å². The number of hydrogen-bond donors (Lipinski definition) is 1. The van der Waals surface area contributed by atoms with E-state index >= 15 is 0 Å². The molecule has 6 nitrogen and oxygen atoms in total. The highest BCUT2D eigenvalue weighted by Gasteiger charge is 2.36. The van der Waals surface area contributed by atoms with Crippen LogP contribution >= 0.6 is 0 Å². The molecular formula is C12H22N2O4. The molecule has 0 unspecified atom stereocenters. The Labute approximate surface area is 107 Å². The van der Waals surface area contributed by atoms with Gasteiger partial charge in [0.05, 0.1) is 6.61 Å². The molecule has 6 heteroatoms. The SMILES string of the molecule is COCCN(C(=O)N1CCC[C@H]1C(=O)O)C(C)C. The van der Waals surface area contributed by atoms with Crippen molar-refractivity contribution in [3.63, 3.8) is 0 Å². The molecule has 1 rings (SSSR count). The second-order valence-corrected chi connectivity index (χ2v) is 4.75. The molecule has 1 heterocycles. The zero-order valence-corrected chi connectivity index (χ0v) is 11.3. The number of carboxylic acid groups (broad SMARTS) is 1. The second kappa shape index (κ2) is 6.58. The average molecular weight is 258 g/mol. The van der Waals surface area contributed by atoms with E-state index in [1.807, 2.05) is 13.8 Å². The third-order valence-corrected chi connectivity index (χ3v) is 3.19. The fourth-order valence-electron chi connectivity index (χ4n) is 2.18. The number of carbonyl (C=O) groups is 2. The van der Waals surface area contributed by atoms with Crippen LogP contribution < -0.4 is 0 Å². The average Bonchev–Trinajstić information content (AvgIpc) is 2.77. The van der Waals surface area contributed by atoms with Crippen LogP contribution in [0.15, 0.2) is 0 Å². The van der Waals surface area contributed by atoms with Crippen molar-refractivity contribution in [3.8, 4) is 0 Å². The smallest absolute Gasteiger partial charge is 0.326 e. The highest BCUT2D eigenvalue weighted by molar-refractivity contribution is 5.83. The first-order valence-corrected chi connectivity index (χ1v) is 6.28. The summed E-state index contributed by atoms with van der Waals surface area (Å²) in [5, 5.41) is 9.09. The predicted octanol–water partition coefficient (Wildman–Crippen LogP) is 1.01. The van der Waals surface area contributed by atoms with Gasteiger partial charge in [-0.05, 0) is 26.7 Å². The van der Waals surface area contributed by atoms with E-state index < -0.39 is 12.0 Å². The van der Waals surface area contributed by atoms with Crippen molar-refractivity contribution in [2.45, 2.75) is 38.8 Å². The Morgan fingerprint density at radius 1 is 1.50 bits per heavy atom. The van der Waals surface area contributed by atoms with Gasteiger partial charge in [0.25, 0.3) is 0 Å². The fourth-order valence-corrected chi connectivity index (χ4v) is 2.18. The molecule has 1 saturated heterocycles. The lowest BCUT2D eigenvalue weighted by Crippen LogP contribution is -2.51. The van der Waals surface area contributed by atoms with Crippen molar-refractivity contribution in [3.05, 3.63) is 0 Å². The minimum Gasteiger partial charge on any atom is -0.480 e. The van der Waals surface area contributed by atoms with E-state index in [0.717, 1.165) is 6.42 Å². The molecule has 0 spiro atoms. The molecule has 1 aliphatic heterocycles. The molecule has 1 aliphatic rings. The number of urea groups is 1. The molecule has 0 aromatic heterocycles. The summed E-state index contributed by atoms with van der Waals surface area (Å²) in [6.45, 7) is 5.29. The summed E-state index contributed by atoms with van der Waals surface area (Å²) < 4.78 is 4.98. The molecule has 1 fully saturated rings. The standard InChI is InChI=1S/C12H22N2O4/c1-9(2)13(7-8-18-3)12(17)14-6-4-5-10(14)11(15)16/h9-10H,4-8H2,1-3H3,(H,15,16)/t10-/m0/s1. The van der Waals surface area contributed by atoms with Crippen molar-refractivity contribution in [1.82, 2.24) is 9.80 Å². The van der Waals surface area contributed by atoms with Crippen molar-refractivity contribution in [1.29, 1.82) is 0 Å². The maximum atomic E-state index is 12.3. The zero-order chi connectivity index (χ0) is 13.7.